The number of aliphatic hydroxyl groups is 1. The molecule has 0 aliphatic carbocycles. The van der Waals surface area contributed by atoms with Crippen LogP contribution in [0, 0.1) is 63.0 Å². The van der Waals surface area contributed by atoms with Gasteiger partial charge in [0.15, 0.2) is 57.1 Å². The number of aromatic amines is 2. The minimum atomic E-state index is -1.55. The monoisotopic (exact) mass is 1690 g/mol. The summed E-state index contributed by atoms with van der Waals surface area (Å²) in [5.74, 6) is 0.390. The van der Waals surface area contributed by atoms with Gasteiger partial charge in [-0.2, -0.15) is 5.26 Å². The van der Waals surface area contributed by atoms with Gasteiger partial charge in [-0.3, -0.25) is 39.8 Å². The smallest absolute Gasteiger partial charge is 0.333 e. The Balaban J connectivity index is 0.000000156. The molecule has 10 N–H and O–H groups in total. The summed E-state index contributed by atoms with van der Waals surface area (Å²) in [6, 6.07) is 15.9. The number of fused-ring (bicyclic) bond motifs is 22. The molecule has 4 fully saturated rings. The molecule has 16 heterocycles. The molecule has 30 nitrogen and oxygen atoms in total. The van der Waals surface area contributed by atoms with Crippen molar-refractivity contribution in [1.29, 1.82) is 5.26 Å². The van der Waals surface area contributed by atoms with E-state index in [-0.39, 0.29) is 97.1 Å². The van der Waals surface area contributed by atoms with Crippen molar-refractivity contribution in [3.8, 4) is 52.1 Å². The van der Waals surface area contributed by atoms with Gasteiger partial charge in [0.1, 0.15) is 37.6 Å². The number of aliphatic hydroxyl groups excluding tert-OH is 1. The average Bonchev–Trinajstić information content (AvgIpc) is 0.789. The Bertz CT molecular complexity index is 5500. The van der Waals surface area contributed by atoms with Crippen LogP contribution in [0.4, 0.5) is 0 Å². The summed E-state index contributed by atoms with van der Waals surface area (Å²) in [6.07, 6.45) is 0.415. The Labute approximate surface area is 677 Å². The molecule has 33 heteroatoms. The number of carbonyl (C=O) groups is 4. The number of piperazine rings is 2. The van der Waals surface area contributed by atoms with E-state index in [2.05, 4.69) is 72.3 Å². The van der Waals surface area contributed by atoms with Crippen molar-refractivity contribution in [3.63, 3.8) is 0 Å². The average molecular weight is 1690 g/mol. The molecule has 22 rings (SSSR count). The van der Waals surface area contributed by atoms with Crippen molar-refractivity contribution in [3.05, 3.63) is 171 Å². The van der Waals surface area contributed by atoms with Crippen LogP contribution < -0.4 is 39.1 Å². The number of likely N-dealkylation sites (N-methyl/N-ethyl adjacent to an activating group) is 2. The molecule has 4 saturated heterocycles. The molecule has 8 aromatic rings. The van der Waals surface area contributed by atoms with Gasteiger partial charge in [0, 0.05) is 119 Å². The number of methoxy groups -OCH3 is 2. The van der Waals surface area contributed by atoms with Crippen LogP contribution in [0.15, 0.2) is 60.7 Å². The summed E-state index contributed by atoms with van der Waals surface area (Å²) in [7, 11) is 7.14. The maximum Gasteiger partial charge on any atom is 0.333 e. The number of phenolic OH excluding ortho intramolecular Hbond substituents is 2. The predicted molar refractivity (Wildman–Crippen MR) is 409 cm³/mol. The maximum atomic E-state index is 14.9. The third-order valence-electron chi connectivity index (χ3n) is 26.3. The first-order valence-corrected chi connectivity index (χ1v) is 39.6. The number of carboxylic acids is 2. The van der Waals surface area contributed by atoms with Gasteiger partial charge >= 0.3 is 23.9 Å². The van der Waals surface area contributed by atoms with Crippen molar-refractivity contribution in [2.45, 2.75) is 161 Å². The molecule has 8 bridgehead atoms. The van der Waals surface area contributed by atoms with Crippen LogP contribution in [-0.4, -0.2) is 204 Å². The molecule has 14 aliphatic heterocycles. The van der Waals surface area contributed by atoms with E-state index in [9.17, 15) is 50.0 Å². The van der Waals surface area contributed by atoms with E-state index < -0.39 is 111 Å². The third-order valence-corrected chi connectivity index (χ3v) is 29.3. The quantitative estimate of drug-likeness (QED) is 0.0343. The van der Waals surface area contributed by atoms with Crippen LogP contribution in [0.2, 0.25) is 0 Å². The minimum absolute atomic E-state index is 0. The summed E-state index contributed by atoms with van der Waals surface area (Å²) in [6.45, 7) is 11.8. The number of phenols is 2. The van der Waals surface area contributed by atoms with Gasteiger partial charge in [0.25, 0.3) is 5.09 Å². The molecule has 0 unspecified atom stereocenters. The summed E-state index contributed by atoms with van der Waals surface area (Å²) in [5.41, 5.74) is 13.9. The first-order valence-electron chi connectivity index (χ1n) is 37.5. The maximum absolute atomic E-state index is 14.9. The fraction of sp³-hybridized carbons (Fsp3) is 0.444. The first kappa shape index (κ1) is 77.1. The standard InChI is InChI=1S/C41H41N5O8S.C40H42N4O9S.Ag.HNO3/c1-17-10-20-11-25-26(13-42)46-27-14-52-40(50)41(38-22(12-24(44-41)39(48)49)21-8-6-7-9-23(21)43-38)15-55-37(28-18(2)19(3)35-36(30(27)28)54-16-53-35)32(46)31(45(25)4)29(20)33(47)34(17)51-5;1-16-10-19-11-24-37(46)44-25-13-51-39(49)40(36-21(12-23(42-40)38(47)48)20-8-6-7-9-22(20)41-36)14-54-35(26-17(2)18(3)33-34(28(25)26)53-15-52-33)30(44)29(43(24)4)27(19)31(45)32(16)50-5;;2-1(3)4/h6-10,24-27,31-32,37,43-44,47H,11-12,14-16H2,1-5H3,(H,48,49);6-10,23-25,29-30,35,37,41-42,45-46H,11-15H2,1-5H3,(H,47,48);;(H,2,3,4)/t24-,25-,26-,27-,31+,32+,37+,41+;23-,24-,25-,29+,30+,35+,37-,40+;;/m00../s1. The molecule has 114 heavy (non-hydrogen) atoms. The normalized spacial score (nSPS) is 29.7. The van der Waals surface area contributed by atoms with Gasteiger partial charge in [-0.1, -0.05) is 48.5 Å². The number of hydrogen-bond donors (Lipinski definition) is 10. The Morgan fingerprint density at radius 1 is 0.605 bits per heavy atom. The Morgan fingerprint density at radius 3 is 1.44 bits per heavy atom. The third kappa shape index (κ3) is 11.0. The zero-order valence-electron chi connectivity index (χ0n) is 63.6. The summed E-state index contributed by atoms with van der Waals surface area (Å²) >= 11 is 3.07. The van der Waals surface area contributed by atoms with Crippen LogP contribution in [0.1, 0.15) is 135 Å². The number of esters is 2. The first-order chi connectivity index (χ1) is 54.2. The van der Waals surface area contributed by atoms with Crippen molar-refractivity contribution in [1.82, 2.24) is 40.2 Å². The molecule has 1 radical (unpaired) electrons. The number of aryl methyl sites for hydroxylation is 2. The van der Waals surface area contributed by atoms with E-state index in [1.807, 2.05) is 90.3 Å². The molecule has 0 amide bonds. The van der Waals surface area contributed by atoms with Crippen LogP contribution in [0.25, 0.3) is 21.8 Å². The molecule has 2 aromatic heterocycles. The number of aromatic nitrogens is 2. The second-order valence-electron chi connectivity index (χ2n) is 31.5. The number of H-pyrrole nitrogens is 2. The predicted octanol–water partition coefficient (Wildman–Crippen LogP) is 8.26. The number of carbonyl (C=O) groups excluding carboxylic acids is 2. The van der Waals surface area contributed by atoms with Gasteiger partial charge in [0.05, 0.1) is 61.9 Å². The SMILES string of the molecule is COc1c(C)cc2c(c1O)[C@@H]1[C@@H]3[C@@H]4SC[C@]5(N[C@H](C(=O)O)Cc6c5[nH]c5ccccc65)C(=O)OC[C@@H](c5c6c(c(C)c(C)c54)OCO6)N3[C@@H](C#N)[C@H](C2)N1C.COc1c(C)cc2c(c1O)[C@@H]1[C@@H]3[C@@H]4SC[C@]5(N[C@H](C(=O)O)Cc6c5[nH]c5ccccc65)C(=O)OC[C@@H](c5c6c(c(C)c(C)c54)OCO6)N3[C@@H](O)[C@H](C2)N1C.O=[N+]([O-])O.[Ag]. The largest absolute Gasteiger partial charge is 0.504 e. The number of ether oxygens (including phenoxy) is 8. The van der Waals surface area contributed by atoms with Crippen LogP contribution >= 0.6 is 23.5 Å². The molecular formula is C81H84AgN10O20S2. The fourth-order valence-corrected chi connectivity index (χ4v) is 24.8. The van der Waals surface area contributed by atoms with E-state index in [0.29, 0.717) is 58.7 Å². The molecular weight excluding hydrogens is 1600 g/mol. The van der Waals surface area contributed by atoms with Gasteiger partial charge in [-0.25, -0.2) is 9.59 Å². The Kier molecular flexibility index (Phi) is 19.1. The van der Waals surface area contributed by atoms with Gasteiger partial charge in [0.2, 0.25) is 13.6 Å². The van der Waals surface area contributed by atoms with Crippen LogP contribution in [0.5, 0.6) is 46.0 Å². The van der Waals surface area contributed by atoms with Crippen molar-refractivity contribution in [2.75, 3.05) is 66.6 Å². The van der Waals surface area contributed by atoms with E-state index in [0.717, 1.165) is 111 Å². The van der Waals surface area contributed by atoms with E-state index in [4.69, 9.17) is 53.2 Å². The zero-order chi connectivity index (χ0) is 79.3. The molecule has 0 saturated carbocycles. The Hall–Kier alpha value is -9.47. The number of aliphatic carboxylic acids is 2. The van der Waals surface area contributed by atoms with E-state index >= 15 is 0 Å². The number of nitriles is 1. The van der Waals surface area contributed by atoms with Gasteiger partial charge in [-0.15, -0.1) is 33.6 Å². The molecule has 6 aromatic carbocycles. The molecule has 16 atom stereocenters. The zero-order valence-corrected chi connectivity index (χ0v) is 66.7. The molecule has 14 aliphatic rings. The second kappa shape index (κ2) is 28.2. The number of rotatable bonds is 4. The summed E-state index contributed by atoms with van der Waals surface area (Å²) < 4.78 is 49.0. The minimum Gasteiger partial charge on any atom is -0.504 e. The number of aromatic hydroxyl groups is 2. The number of benzene rings is 6. The number of hydrogen-bond acceptors (Lipinski definition) is 26. The summed E-state index contributed by atoms with van der Waals surface area (Å²) in [5, 5.41) is 89.8. The van der Waals surface area contributed by atoms with Crippen LogP contribution in [0.3, 0.4) is 0 Å². The fourth-order valence-electron chi connectivity index (χ4n) is 21.3. The summed E-state index contributed by atoms with van der Waals surface area (Å²) in [4.78, 5) is 79.5. The number of carboxylic acid groups (broad SMARTS) is 2. The second-order valence-corrected chi connectivity index (χ2v) is 33.7. The van der Waals surface area contributed by atoms with Gasteiger partial charge in [-0.05, 0) is 147 Å². The van der Waals surface area contributed by atoms with Crippen molar-refractivity contribution < 1.29 is 115 Å². The van der Waals surface area contributed by atoms with E-state index in [1.54, 1.807) is 26.0 Å². The number of nitrogens with zero attached hydrogens (tertiary/aromatic N) is 6. The van der Waals surface area contributed by atoms with Crippen molar-refractivity contribution in [2.24, 2.45) is 0 Å². The topological polar surface area (TPSA) is 399 Å². The van der Waals surface area contributed by atoms with Crippen molar-refractivity contribution >= 4 is 69.2 Å². The van der Waals surface area contributed by atoms with E-state index in [1.165, 1.54) is 11.8 Å². The number of thioether (sulfide) groups is 2. The number of para-hydroxylation sites is 2. The number of nitrogens with one attached hydrogen (secondary N) is 4. The Morgan fingerprint density at radius 2 is 1.01 bits per heavy atom. The van der Waals surface area contributed by atoms with Crippen LogP contribution in [-0.2, 0) is 87.8 Å². The molecule has 601 valence electrons. The molecule has 2 spiro atoms. The van der Waals surface area contributed by atoms with Gasteiger partial charge < -0.3 is 78.6 Å².